The first-order chi connectivity index (χ1) is 29.2. The molecule has 0 saturated carbocycles. The van der Waals surface area contributed by atoms with E-state index in [1.807, 2.05) is 121 Å². The van der Waals surface area contributed by atoms with E-state index in [9.17, 15) is 2.74 Å². The monoisotopic (exact) mass is 696 g/mol. The summed E-state index contributed by atoms with van der Waals surface area (Å²) in [5.41, 5.74) is 6.01. The van der Waals surface area contributed by atoms with Crippen molar-refractivity contribution in [3.8, 4) is 51.0 Å². The van der Waals surface area contributed by atoms with Crippen LogP contribution in [0, 0.1) is 0 Å². The van der Waals surface area contributed by atoms with Gasteiger partial charge in [0.1, 0.15) is 11.2 Å². The molecule has 3 aromatic heterocycles. The molecule has 5 heteroatoms. The Morgan fingerprint density at radius 3 is 1.89 bits per heavy atom. The van der Waals surface area contributed by atoms with Crippen LogP contribution >= 0.6 is 0 Å². The number of nitrogens with zero attached hydrogens (tertiary/aromatic N) is 4. The Balaban J connectivity index is 1.27. The summed E-state index contributed by atoms with van der Waals surface area (Å²) in [6.07, 6.45) is 0. The summed E-state index contributed by atoms with van der Waals surface area (Å²) in [4.78, 5) is 15.2. The smallest absolute Gasteiger partial charge is 0.164 e. The third kappa shape index (κ3) is 4.76. The summed E-state index contributed by atoms with van der Waals surface area (Å²) in [6, 6.07) is 45.2. The van der Waals surface area contributed by atoms with Crippen molar-refractivity contribution in [2.45, 2.75) is 0 Å². The highest BCUT2D eigenvalue weighted by Gasteiger charge is 2.21. The van der Waals surface area contributed by atoms with E-state index < -0.39 is 0 Å². The van der Waals surface area contributed by atoms with Crippen LogP contribution in [0.1, 0.15) is 8.22 Å². The maximum absolute atomic E-state index is 9.28. The Hall–Kier alpha value is -7.37. The van der Waals surface area contributed by atoms with E-state index in [0.29, 0.717) is 39.9 Å². The highest BCUT2D eigenvalue weighted by molar-refractivity contribution is 6.12. The molecular weight excluding hydrogens is 661 g/mol. The first kappa shape index (κ1) is 24.8. The van der Waals surface area contributed by atoms with Gasteiger partial charge < -0.3 is 8.98 Å². The van der Waals surface area contributed by atoms with E-state index in [4.69, 9.17) is 24.9 Å². The van der Waals surface area contributed by atoms with Gasteiger partial charge in [-0.15, -0.1) is 0 Å². The van der Waals surface area contributed by atoms with Gasteiger partial charge in [0, 0.05) is 49.4 Å². The van der Waals surface area contributed by atoms with Crippen LogP contribution in [0.5, 0.6) is 0 Å². The molecule has 0 saturated heterocycles. The molecule has 0 fully saturated rings. The number of para-hydroxylation sites is 4. The van der Waals surface area contributed by atoms with Gasteiger partial charge in [0.2, 0.25) is 0 Å². The van der Waals surface area contributed by atoms with Gasteiger partial charge in [0.25, 0.3) is 0 Å². The maximum atomic E-state index is 9.28. The molecule has 0 N–H and O–H groups in total. The molecule has 8 aromatic carbocycles. The van der Waals surface area contributed by atoms with Crippen molar-refractivity contribution in [3.05, 3.63) is 182 Å². The number of hydrogen-bond donors (Lipinski definition) is 0. The molecule has 3 heterocycles. The fourth-order valence-corrected chi connectivity index (χ4v) is 7.56. The number of hydrogen-bond acceptors (Lipinski definition) is 4. The van der Waals surface area contributed by atoms with Crippen molar-refractivity contribution in [3.63, 3.8) is 0 Å². The first-order valence-electron chi connectivity index (χ1n) is 20.6. The lowest BCUT2D eigenvalue weighted by Crippen LogP contribution is -2.02. The molecule has 0 bridgehead atoms. The van der Waals surface area contributed by atoms with Crippen LogP contribution in [0.2, 0.25) is 0 Å². The van der Waals surface area contributed by atoms with Gasteiger partial charge >= 0.3 is 0 Å². The molecule has 252 valence electrons. The number of benzene rings is 8. The Kier molecular flexibility index (Phi) is 5.55. The van der Waals surface area contributed by atoms with Crippen molar-refractivity contribution >= 4 is 54.5 Å². The fraction of sp³-hybridized carbons (Fsp3) is 0. The highest BCUT2D eigenvalue weighted by Crippen LogP contribution is 2.42. The lowest BCUT2D eigenvalue weighted by Gasteiger charge is -2.16. The summed E-state index contributed by atoms with van der Waals surface area (Å²) in [5.74, 6) is 1.34. The lowest BCUT2D eigenvalue weighted by atomic mass is 9.98. The lowest BCUT2D eigenvalue weighted by molar-refractivity contribution is 0.670. The van der Waals surface area contributed by atoms with Crippen LogP contribution < -0.4 is 0 Å². The fourth-order valence-electron chi connectivity index (χ4n) is 7.56. The Bertz CT molecular complexity index is 3510. The van der Waals surface area contributed by atoms with Gasteiger partial charge in [0.15, 0.2) is 17.5 Å². The molecule has 0 radical (unpaired) electrons. The predicted octanol–water partition coefficient (Wildman–Crippen LogP) is 12.7. The minimum atomic E-state index is -0.190. The van der Waals surface area contributed by atoms with E-state index in [-0.39, 0.29) is 58.1 Å². The molecule has 0 atom stereocenters. The number of rotatable bonds is 5. The number of fused-ring (bicyclic) bond motifs is 7. The molecule has 11 aromatic rings. The summed E-state index contributed by atoms with van der Waals surface area (Å²) >= 11 is 0. The van der Waals surface area contributed by atoms with Crippen molar-refractivity contribution in [2.24, 2.45) is 0 Å². The normalized spacial score (nSPS) is 13.3. The van der Waals surface area contributed by atoms with Gasteiger partial charge in [-0.25, -0.2) is 15.0 Å². The van der Waals surface area contributed by atoms with Crippen LogP contribution in [-0.4, -0.2) is 19.5 Å². The van der Waals surface area contributed by atoms with E-state index in [0.717, 1.165) is 43.8 Å². The molecule has 0 aliphatic carbocycles. The quantitative estimate of drug-likeness (QED) is 0.180. The largest absolute Gasteiger partial charge is 0.455 e. The van der Waals surface area contributed by atoms with Gasteiger partial charge in [-0.3, -0.25) is 0 Å². The molecular formula is C49H30N4O. The second-order valence-corrected chi connectivity index (χ2v) is 13.1. The SMILES string of the molecule is [2H]c1cc([2H])c2c(c1[2H])c1c([2H])c([2H])cc([2H])c1n2-c1cc(-c2nc(-c3ccccc3)nc(-c3cccc4ccccc34)n2)ccc1-c1cccc2c1oc1ccccc12. The average molecular weight is 697 g/mol. The van der Waals surface area contributed by atoms with Gasteiger partial charge in [-0.05, 0) is 35.0 Å². The molecule has 0 amide bonds. The average Bonchev–Trinajstić information content (AvgIpc) is 3.85. The van der Waals surface area contributed by atoms with Crippen LogP contribution in [0.25, 0.3) is 105 Å². The van der Waals surface area contributed by atoms with Gasteiger partial charge in [-0.1, -0.05) is 158 Å². The molecule has 5 nitrogen and oxygen atoms in total. The highest BCUT2D eigenvalue weighted by atomic mass is 16.3. The van der Waals surface area contributed by atoms with E-state index in [1.165, 1.54) is 12.1 Å². The zero-order valence-electron chi connectivity index (χ0n) is 34.6. The maximum Gasteiger partial charge on any atom is 0.164 e. The first-order valence-corrected chi connectivity index (χ1v) is 17.6. The summed E-state index contributed by atoms with van der Waals surface area (Å²) in [7, 11) is 0. The third-order valence-electron chi connectivity index (χ3n) is 10.0. The summed E-state index contributed by atoms with van der Waals surface area (Å²) in [6.45, 7) is 0. The van der Waals surface area contributed by atoms with Crippen molar-refractivity contribution < 1.29 is 12.6 Å². The van der Waals surface area contributed by atoms with E-state index in [2.05, 4.69) is 12.1 Å². The van der Waals surface area contributed by atoms with Crippen LogP contribution in [0.15, 0.2) is 186 Å². The summed E-state index contributed by atoms with van der Waals surface area (Å²) < 4.78 is 62.2. The molecule has 0 aliphatic rings. The summed E-state index contributed by atoms with van der Waals surface area (Å²) in [5, 5.41) is 4.22. The zero-order chi connectivity index (χ0) is 40.8. The van der Waals surface area contributed by atoms with Crippen LogP contribution in [0.3, 0.4) is 0 Å². The van der Waals surface area contributed by atoms with E-state index >= 15 is 0 Å². The van der Waals surface area contributed by atoms with Gasteiger partial charge in [-0.2, -0.15) is 0 Å². The molecule has 0 spiro atoms. The van der Waals surface area contributed by atoms with Crippen molar-refractivity contribution in [2.75, 3.05) is 0 Å². The second-order valence-electron chi connectivity index (χ2n) is 13.1. The Morgan fingerprint density at radius 1 is 0.444 bits per heavy atom. The predicted molar refractivity (Wildman–Crippen MR) is 221 cm³/mol. The number of aromatic nitrogens is 4. The van der Waals surface area contributed by atoms with Crippen molar-refractivity contribution in [1.29, 1.82) is 0 Å². The molecule has 54 heavy (non-hydrogen) atoms. The standard InChI is InChI=1S/C49H30N4O/c1-2-15-32(16-3-1)47-50-48(52-49(51-47)41-24-12-17-31-14-4-5-18-34(31)41)33-28-29-37(39-22-13-23-40-38-21-8-11-27-45(38)54-46(39)40)44(30-33)53-42-25-9-6-19-35(42)36-20-7-10-26-43(36)53/h1-30H/i6D,7D,19D,20D,25D,26D. The molecule has 0 unspecified atom stereocenters. The Morgan fingerprint density at radius 2 is 1.07 bits per heavy atom. The van der Waals surface area contributed by atoms with Crippen LogP contribution in [-0.2, 0) is 0 Å². The molecule has 0 aliphatic heterocycles. The third-order valence-corrected chi connectivity index (χ3v) is 10.0. The van der Waals surface area contributed by atoms with E-state index in [1.54, 1.807) is 4.57 Å². The Labute approximate surface area is 318 Å². The zero-order valence-corrected chi connectivity index (χ0v) is 28.6. The van der Waals surface area contributed by atoms with Crippen LogP contribution in [0.4, 0.5) is 0 Å². The van der Waals surface area contributed by atoms with Crippen molar-refractivity contribution in [1.82, 2.24) is 19.5 Å². The van der Waals surface area contributed by atoms with Gasteiger partial charge in [0.05, 0.1) is 24.9 Å². The topological polar surface area (TPSA) is 56.7 Å². The number of furan rings is 1. The minimum absolute atomic E-state index is 0.0596. The molecule has 11 rings (SSSR count). The minimum Gasteiger partial charge on any atom is -0.455 e. The second kappa shape index (κ2) is 12.1.